The van der Waals surface area contributed by atoms with Crippen LogP contribution in [0.4, 0.5) is 16.6 Å². The molecule has 0 aliphatic rings. The fraction of sp³-hybridized carbons (Fsp3) is 0.111. The Hall–Kier alpha value is -2.37. The SMILES string of the molecule is Cc1ccc(Nc2nc(N)c(C(=O)c3ccc(Cl)cc3)s2)c(C)c1. The molecule has 0 aliphatic heterocycles. The van der Waals surface area contributed by atoms with E-state index in [2.05, 4.69) is 16.4 Å². The van der Waals surface area contributed by atoms with Gasteiger partial charge in [-0.2, -0.15) is 0 Å². The van der Waals surface area contributed by atoms with E-state index in [0.29, 0.717) is 20.6 Å². The van der Waals surface area contributed by atoms with Gasteiger partial charge in [0.15, 0.2) is 5.13 Å². The summed E-state index contributed by atoms with van der Waals surface area (Å²) in [7, 11) is 0. The summed E-state index contributed by atoms with van der Waals surface area (Å²) in [5.41, 5.74) is 9.71. The second-order valence-corrected chi connectivity index (χ2v) is 6.95. The Kier molecular flexibility index (Phi) is 4.55. The van der Waals surface area contributed by atoms with Crippen LogP contribution in [0.2, 0.25) is 5.02 Å². The highest BCUT2D eigenvalue weighted by atomic mass is 35.5. The molecule has 0 saturated heterocycles. The predicted molar refractivity (Wildman–Crippen MR) is 101 cm³/mol. The fourth-order valence-electron chi connectivity index (χ4n) is 2.35. The van der Waals surface area contributed by atoms with Gasteiger partial charge in [-0.05, 0) is 49.7 Å². The van der Waals surface area contributed by atoms with Gasteiger partial charge in [-0.25, -0.2) is 4.98 Å². The number of ketones is 1. The molecule has 6 heteroatoms. The summed E-state index contributed by atoms with van der Waals surface area (Å²) in [6, 6.07) is 12.8. The first-order chi connectivity index (χ1) is 11.4. The molecule has 4 nitrogen and oxygen atoms in total. The minimum Gasteiger partial charge on any atom is -0.382 e. The van der Waals surface area contributed by atoms with Gasteiger partial charge in [0.2, 0.25) is 5.78 Å². The average molecular weight is 358 g/mol. The van der Waals surface area contributed by atoms with E-state index in [4.69, 9.17) is 17.3 Å². The summed E-state index contributed by atoms with van der Waals surface area (Å²) >= 11 is 7.10. The van der Waals surface area contributed by atoms with Crippen molar-refractivity contribution in [3.8, 4) is 0 Å². The predicted octanol–water partition coefficient (Wildman–Crippen LogP) is 4.97. The minimum absolute atomic E-state index is 0.157. The van der Waals surface area contributed by atoms with Gasteiger partial charge in [0.1, 0.15) is 10.7 Å². The maximum atomic E-state index is 12.6. The van der Waals surface area contributed by atoms with Gasteiger partial charge < -0.3 is 11.1 Å². The highest BCUT2D eigenvalue weighted by Gasteiger charge is 2.18. The maximum Gasteiger partial charge on any atom is 0.206 e. The van der Waals surface area contributed by atoms with Crippen LogP contribution >= 0.6 is 22.9 Å². The van der Waals surface area contributed by atoms with Crippen molar-refractivity contribution in [3.63, 3.8) is 0 Å². The number of aryl methyl sites for hydroxylation is 2. The quantitative estimate of drug-likeness (QED) is 0.647. The molecule has 2 aromatic carbocycles. The largest absolute Gasteiger partial charge is 0.382 e. The molecule has 0 unspecified atom stereocenters. The van der Waals surface area contributed by atoms with E-state index in [1.807, 2.05) is 26.0 Å². The van der Waals surface area contributed by atoms with Crippen molar-refractivity contribution < 1.29 is 4.79 Å². The molecule has 1 heterocycles. The number of benzene rings is 2. The van der Waals surface area contributed by atoms with E-state index < -0.39 is 0 Å². The highest BCUT2D eigenvalue weighted by molar-refractivity contribution is 7.18. The Balaban J connectivity index is 1.87. The fourth-order valence-corrected chi connectivity index (χ4v) is 3.33. The number of nitrogen functional groups attached to an aromatic ring is 1. The number of nitrogens with one attached hydrogen (secondary N) is 1. The molecule has 0 spiro atoms. The summed E-state index contributed by atoms with van der Waals surface area (Å²) in [6.07, 6.45) is 0. The molecule has 0 bridgehead atoms. The smallest absolute Gasteiger partial charge is 0.206 e. The van der Waals surface area contributed by atoms with Crippen LogP contribution in [0.5, 0.6) is 0 Å². The van der Waals surface area contributed by atoms with E-state index in [1.165, 1.54) is 16.9 Å². The molecule has 24 heavy (non-hydrogen) atoms. The van der Waals surface area contributed by atoms with Crippen LogP contribution in [0.3, 0.4) is 0 Å². The van der Waals surface area contributed by atoms with Crippen molar-refractivity contribution in [2.24, 2.45) is 0 Å². The number of carbonyl (C=O) groups is 1. The zero-order chi connectivity index (χ0) is 17.3. The average Bonchev–Trinajstić information content (AvgIpc) is 2.91. The van der Waals surface area contributed by atoms with Crippen LogP contribution in [-0.2, 0) is 0 Å². The Morgan fingerprint density at radius 3 is 2.54 bits per heavy atom. The lowest BCUT2D eigenvalue weighted by Crippen LogP contribution is -2.02. The Morgan fingerprint density at radius 1 is 1.17 bits per heavy atom. The molecule has 0 radical (unpaired) electrons. The molecular weight excluding hydrogens is 342 g/mol. The first kappa shape index (κ1) is 16.5. The van der Waals surface area contributed by atoms with Gasteiger partial charge in [-0.1, -0.05) is 40.6 Å². The summed E-state index contributed by atoms with van der Waals surface area (Å²) in [5, 5.41) is 4.41. The van der Waals surface area contributed by atoms with Crippen molar-refractivity contribution in [1.82, 2.24) is 4.98 Å². The van der Waals surface area contributed by atoms with Crippen LogP contribution in [0.25, 0.3) is 0 Å². The van der Waals surface area contributed by atoms with E-state index in [1.54, 1.807) is 24.3 Å². The van der Waals surface area contributed by atoms with Gasteiger partial charge in [0, 0.05) is 16.3 Å². The van der Waals surface area contributed by atoms with Crippen molar-refractivity contribution in [1.29, 1.82) is 0 Å². The molecule has 0 saturated carbocycles. The van der Waals surface area contributed by atoms with Crippen LogP contribution in [-0.4, -0.2) is 10.8 Å². The molecule has 0 atom stereocenters. The Morgan fingerprint density at radius 2 is 1.88 bits per heavy atom. The monoisotopic (exact) mass is 357 g/mol. The van der Waals surface area contributed by atoms with Gasteiger partial charge in [-0.3, -0.25) is 4.79 Å². The van der Waals surface area contributed by atoms with E-state index >= 15 is 0 Å². The number of carbonyl (C=O) groups excluding carboxylic acids is 1. The van der Waals surface area contributed by atoms with Crippen molar-refractivity contribution in [3.05, 3.63) is 69.1 Å². The van der Waals surface area contributed by atoms with Crippen molar-refractivity contribution >= 4 is 45.4 Å². The summed E-state index contributed by atoms with van der Waals surface area (Å²) in [4.78, 5) is 17.3. The third kappa shape index (κ3) is 3.42. The van der Waals surface area contributed by atoms with Gasteiger partial charge in [0.05, 0.1) is 0 Å². The number of aromatic nitrogens is 1. The lowest BCUT2D eigenvalue weighted by atomic mass is 10.1. The second-order valence-electron chi connectivity index (χ2n) is 5.51. The lowest BCUT2D eigenvalue weighted by Gasteiger charge is -2.07. The molecule has 1 aromatic heterocycles. The molecule has 0 aliphatic carbocycles. The number of thiazole rings is 1. The number of nitrogens with two attached hydrogens (primary N) is 1. The molecule has 0 fully saturated rings. The number of nitrogens with zero attached hydrogens (tertiary/aromatic N) is 1. The third-order valence-electron chi connectivity index (χ3n) is 3.59. The molecular formula is C18H16ClN3OS. The zero-order valence-electron chi connectivity index (χ0n) is 13.3. The number of halogens is 1. The topological polar surface area (TPSA) is 68.0 Å². The summed E-state index contributed by atoms with van der Waals surface area (Å²) in [6.45, 7) is 4.06. The summed E-state index contributed by atoms with van der Waals surface area (Å²) in [5.74, 6) is 0.0718. The van der Waals surface area contributed by atoms with Gasteiger partial charge in [0.25, 0.3) is 0 Å². The molecule has 3 rings (SSSR count). The highest BCUT2D eigenvalue weighted by Crippen LogP contribution is 2.31. The lowest BCUT2D eigenvalue weighted by molar-refractivity contribution is 0.104. The number of hydrogen-bond donors (Lipinski definition) is 2. The third-order valence-corrected chi connectivity index (χ3v) is 4.83. The number of anilines is 3. The molecule has 0 amide bonds. The minimum atomic E-state index is -0.157. The van der Waals surface area contributed by atoms with Crippen molar-refractivity contribution in [2.45, 2.75) is 13.8 Å². The first-order valence-electron chi connectivity index (χ1n) is 7.35. The second kappa shape index (κ2) is 6.63. The number of hydrogen-bond acceptors (Lipinski definition) is 5. The number of rotatable bonds is 4. The molecule has 3 aromatic rings. The maximum absolute atomic E-state index is 12.6. The first-order valence-corrected chi connectivity index (χ1v) is 8.54. The Bertz CT molecular complexity index is 903. The standard InChI is InChI=1S/C18H16ClN3OS/c1-10-3-8-14(11(2)9-10)21-18-22-17(20)16(24-18)15(23)12-4-6-13(19)7-5-12/h3-9H,20H2,1-2H3,(H,21,22). The van der Waals surface area contributed by atoms with Crippen molar-refractivity contribution in [2.75, 3.05) is 11.1 Å². The molecule has 3 N–H and O–H groups in total. The van der Waals surface area contributed by atoms with Crippen LogP contribution in [0.15, 0.2) is 42.5 Å². The summed E-state index contributed by atoms with van der Waals surface area (Å²) < 4.78 is 0. The van der Waals surface area contributed by atoms with Crippen LogP contribution in [0.1, 0.15) is 26.4 Å². The Labute approximate surface area is 149 Å². The zero-order valence-corrected chi connectivity index (χ0v) is 14.8. The van der Waals surface area contributed by atoms with E-state index in [0.717, 1.165) is 11.3 Å². The normalized spacial score (nSPS) is 10.6. The van der Waals surface area contributed by atoms with Crippen LogP contribution in [0, 0.1) is 13.8 Å². The van der Waals surface area contributed by atoms with E-state index in [9.17, 15) is 4.79 Å². The van der Waals surface area contributed by atoms with E-state index in [-0.39, 0.29) is 11.6 Å². The van der Waals surface area contributed by atoms with Crippen LogP contribution < -0.4 is 11.1 Å². The van der Waals surface area contributed by atoms with Gasteiger partial charge >= 0.3 is 0 Å². The molecule has 122 valence electrons. The van der Waals surface area contributed by atoms with Gasteiger partial charge in [-0.15, -0.1) is 0 Å².